The van der Waals surface area contributed by atoms with E-state index in [2.05, 4.69) is 51.1 Å². The third kappa shape index (κ3) is 8.97. The van der Waals surface area contributed by atoms with Crippen LogP contribution >= 0.6 is 15.9 Å². The number of aliphatic imine (C=N–C) groups is 2. The molecule has 0 spiro atoms. The number of nitrogens with one attached hydrogen (secondary N) is 1. The van der Waals surface area contributed by atoms with Crippen LogP contribution in [0, 0.1) is 0 Å². The number of pyridine rings is 1. The van der Waals surface area contributed by atoms with E-state index in [9.17, 15) is 4.79 Å². The van der Waals surface area contributed by atoms with Crippen molar-refractivity contribution < 1.29 is 4.74 Å². The van der Waals surface area contributed by atoms with E-state index in [1.54, 1.807) is 42.2 Å². The molecule has 0 fully saturated rings. The highest BCUT2D eigenvalue weighted by molar-refractivity contribution is 9.12. The smallest absolute Gasteiger partial charge is 0.274 e. The molecule has 0 unspecified atom stereocenters. The molecule has 0 atom stereocenters. The van der Waals surface area contributed by atoms with Crippen molar-refractivity contribution in [3.8, 4) is 0 Å². The van der Waals surface area contributed by atoms with Crippen LogP contribution in [0.15, 0.2) is 69.1 Å². The van der Waals surface area contributed by atoms with Gasteiger partial charge in [0.15, 0.2) is 0 Å². The van der Waals surface area contributed by atoms with Gasteiger partial charge in [-0.1, -0.05) is 25.3 Å². The maximum Gasteiger partial charge on any atom is 0.274 e. The van der Waals surface area contributed by atoms with Crippen molar-refractivity contribution in [3.63, 3.8) is 0 Å². The van der Waals surface area contributed by atoms with Crippen LogP contribution in [0.4, 0.5) is 5.69 Å². The highest BCUT2D eigenvalue weighted by Crippen LogP contribution is 2.11. The summed E-state index contributed by atoms with van der Waals surface area (Å²) in [6, 6.07) is 3.50. The molecule has 1 aromatic rings. The molecule has 0 amide bonds. The minimum absolute atomic E-state index is 0.134. The Labute approximate surface area is 157 Å². The first-order valence-electron chi connectivity index (χ1n) is 7.60. The fraction of sp³-hybridized carbons (Fsp3) is 0.278. The van der Waals surface area contributed by atoms with Crippen LogP contribution < -0.4 is 10.9 Å². The number of allylic oxidation sites excluding steroid dienone is 2. The molecule has 1 N–H and O–H groups in total. The van der Waals surface area contributed by atoms with Crippen molar-refractivity contribution in [3.05, 3.63) is 64.7 Å². The molecule has 1 heterocycles. The maximum absolute atomic E-state index is 12.3. The second kappa shape index (κ2) is 14.1. The number of ether oxygens (including phenoxy) is 1. The number of nitrogens with zero attached hydrogens (tertiary/aromatic N) is 3. The average Bonchev–Trinajstić information content (AvgIpc) is 2.62. The molecule has 0 aromatic carbocycles. The van der Waals surface area contributed by atoms with E-state index in [1.807, 2.05) is 6.92 Å². The van der Waals surface area contributed by atoms with Gasteiger partial charge in [0, 0.05) is 32.6 Å². The molecule has 25 heavy (non-hydrogen) atoms. The third-order valence-corrected chi connectivity index (χ3v) is 3.30. The van der Waals surface area contributed by atoms with Crippen LogP contribution in [0.1, 0.15) is 6.92 Å². The molecule has 0 bridgehead atoms. The summed E-state index contributed by atoms with van der Waals surface area (Å²) in [6.45, 7) is 13.6. The maximum atomic E-state index is 12.3. The lowest BCUT2D eigenvalue weighted by Gasteiger charge is -2.11. The van der Waals surface area contributed by atoms with E-state index in [1.165, 1.54) is 6.20 Å². The SMILES string of the molecule is C=CC=C.C=N/C=C(/Br)C(=NCC)Nc1cccn(CCOC)c1=O. The summed E-state index contributed by atoms with van der Waals surface area (Å²) in [6.07, 6.45) is 6.52. The minimum atomic E-state index is -0.134. The highest BCUT2D eigenvalue weighted by Gasteiger charge is 2.08. The lowest BCUT2D eigenvalue weighted by molar-refractivity contribution is 0.186. The van der Waals surface area contributed by atoms with Crippen LogP contribution in [0.5, 0.6) is 0 Å². The van der Waals surface area contributed by atoms with Gasteiger partial charge < -0.3 is 14.6 Å². The second-order valence-electron chi connectivity index (χ2n) is 4.49. The van der Waals surface area contributed by atoms with E-state index in [4.69, 9.17) is 4.74 Å². The van der Waals surface area contributed by atoms with E-state index < -0.39 is 0 Å². The summed E-state index contributed by atoms with van der Waals surface area (Å²) in [7, 11) is 1.60. The predicted molar refractivity (Wildman–Crippen MR) is 111 cm³/mol. The van der Waals surface area contributed by atoms with E-state index >= 15 is 0 Å². The predicted octanol–water partition coefficient (Wildman–Crippen LogP) is 3.62. The number of halogens is 1. The molecule has 0 radical (unpaired) electrons. The van der Waals surface area contributed by atoms with Crippen molar-refractivity contribution >= 4 is 34.2 Å². The third-order valence-electron chi connectivity index (χ3n) is 2.72. The number of hydrogen-bond donors (Lipinski definition) is 1. The van der Waals surface area contributed by atoms with Crippen molar-refractivity contribution in [1.82, 2.24) is 4.57 Å². The highest BCUT2D eigenvalue weighted by atomic mass is 79.9. The number of aromatic nitrogens is 1. The van der Waals surface area contributed by atoms with Gasteiger partial charge in [0.05, 0.1) is 11.1 Å². The van der Waals surface area contributed by atoms with Gasteiger partial charge in [0.1, 0.15) is 11.5 Å². The Morgan fingerprint density at radius 1 is 1.44 bits per heavy atom. The molecule has 0 saturated heterocycles. The molecule has 136 valence electrons. The summed E-state index contributed by atoms with van der Waals surface area (Å²) >= 11 is 3.35. The van der Waals surface area contributed by atoms with Gasteiger partial charge in [-0.3, -0.25) is 14.8 Å². The fourth-order valence-electron chi connectivity index (χ4n) is 1.60. The molecule has 1 aromatic heterocycles. The van der Waals surface area contributed by atoms with Crippen molar-refractivity contribution in [1.29, 1.82) is 0 Å². The lowest BCUT2D eigenvalue weighted by Crippen LogP contribution is -2.26. The molecule has 0 saturated carbocycles. The number of rotatable bonds is 8. The number of hydrogen-bond acceptors (Lipinski definition) is 4. The summed E-state index contributed by atoms with van der Waals surface area (Å²) in [5, 5.41) is 3.02. The normalized spacial score (nSPS) is 11.2. The molecule has 6 nitrogen and oxygen atoms in total. The summed E-state index contributed by atoms with van der Waals surface area (Å²) in [5.74, 6) is 0.534. The van der Waals surface area contributed by atoms with Crippen molar-refractivity contribution in [2.45, 2.75) is 13.5 Å². The average molecular weight is 409 g/mol. The number of anilines is 1. The van der Waals surface area contributed by atoms with E-state index in [-0.39, 0.29) is 5.56 Å². The molecular weight excluding hydrogens is 384 g/mol. The van der Waals surface area contributed by atoms with Gasteiger partial charge >= 0.3 is 0 Å². The molecule has 7 heteroatoms. The van der Waals surface area contributed by atoms with E-state index in [0.717, 1.165) is 0 Å². The van der Waals surface area contributed by atoms with Gasteiger partial charge in [0.2, 0.25) is 0 Å². The molecule has 0 aliphatic carbocycles. The summed E-state index contributed by atoms with van der Waals surface area (Å²) < 4.78 is 7.20. The molecule has 1 rings (SSSR count). The van der Waals surface area contributed by atoms with Crippen LogP contribution in [-0.4, -0.2) is 37.4 Å². The first-order valence-corrected chi connectivity index (χ1v) is 8.40. The standard InChI is InChI=1S/C14H19BrN4O2.C4H6/c1-4-17-13(11(15)10-16-2)18-12-6-5-7-19(14(12)20)8-9-21-3;1-3-4-2/h5-7,10H,2,4,8-9H2,1,3H3,(H,17,18);3-4H,1-2H2/b11-10+;. The monoisotopic (exact) mass is 408 g/mol. The number of amidine groups is 1. The van der Waals surface area contributed by atoms with Crippen LogP contribution in [0.3, 0.4) is 0 Å². The van der Waals surface area contributed by atoms with Gasteiger partial charge in [-0.25, -0.2) is 0 Å². The summed E-state index contributed by atoms with van der Waals surface area (Å²) in [5.41, 5.74) is 0.306. The fourth-order valence-corrected chi connectivity index (χ4v) is 1.97. The van der Waals surface area contributed by atoms with Crippen LogP contribution in [-0.2, 0) is 11.3 Å². The zero-order valence-corrected chi connectivity index (χ0v) is 16.3. The second-order valence-corrected chi connectivity index (χ2v) is 5.35. The van der Waals surface area contributed by atoms with Crippen molar-refractivity contribution in [2.75, 3.05) is 25.6 Å². The van der Waals surface area contributed by atoms with Crippen molar-refractivity contribution in [2.24, 2.45) is 9.98 Å². The van der Waals surface area contributed by atoms with Gasteiger partial charge in [-0.05, 0) is 41.7 Å². The first kappa shape index (κ1) is 22.8. The van der Waals surface area contributed by atoms with Crippen LogP contribution in [0.25, 0.3) is 0 Å². The first-order chi connectivity index (χ1) is 12.0. The number of methoxy groups -OCH3 is 1. The van der Waals surface area contributed by atoms with Gasteiger partial charge in [-0.2, -0.15) is 0 Å². The van der Waals surface area contributed by atoms with Gasteiger partial charge in [-0.15, -0.1) is 0 Å². The Bertz CT molecular complexity index is 672. The Morgan fingerprint density at radius 3 is 2.64 bits per heavy atom. The Balaban J connectivity index is 0.00000129. The Morgan fingerprint density at radius 2 is 2.12 bits per heavy atom. The summed E-state index contributed by atoms with van der Waals surface area (Å²) in [4.78, 5) is 20.3. The topological polar surface area (TPSA) is 68.0 Å². The molecular formula is C18H25BrN4O2. The van der Waals surface area contributed by atoms with Crippen LogP contribution in [0.2, 0.25) is 0 Å². The molecule has 0 aliphatic rings. The van der Waals surface area contributed by atoms with E-state index in [0.29, 0.717) is 35.7 Å². The zero-order chi connectivity index (χ0) is 19.1. The molecule has 0 aliphatic heterocycles. The largest absolute Gasteiger partial charge is 0.383 e. The minimum Gasteiger partial charge on any atom is -0.383 e. The Kier molecular flexibility index (Phi) is 12.9. The lowest BCUT2D eigenvalue weighted by atomic mass is 10.3. The zero-order valence-electron chi connectivity index (χ0n) is 14.7. The van der Waals surface area contributed by atoms with Gasteiger partial charge in [0.25, 0.3) is 5.56 Å². The Hall–Kier alpha value is -2.25. The quantitative estimate of drug-likeness (QED) is 0.405.